The highest BCUT2D eigenvalue weighted by molar-refractivity contribution is 5.93. The summed E-state index contributed by atoms with van der Waals surface area (Å²) < 4.78 is 0. The van der Waals surface area contributed by atoms with Crippen LogP contribution in [0.4, 0.5) is 5.82 Å². The molecule has 0 aliphatic carbocycles. The molecule has 0 spiro atoms. The second kappa shape index (κ2) is 4.23. The number of nitrogens with zero attached hydrogens (tertiary/aromatic N) is 1. The Morgan fingerprint density at radius 3 is 2.64 bits per heavy atom. The number of aromatic amines is 1. The van der Waals surface area contributed by atoms with E-state index in [1.54, 1.807) is 6.92 Å². The summed E-state index contributed by atoms with van der Waals surface area (Å²) in [4.78, 5) is 11.2. The fraction of sp³-hybridized carbons (Fsp3) is 0.556. The highest BCUT2D eigenvalue weighted by atomic mass is 16.2. The second-order valence-electron chi connectivity index (χ2n) is 3.64. The summed E-state index contributed by atoms with van der Waals surface area (Å²) in [5.74, 6) is 0.659. The maximum atomic E-state index is 11.2. The first-order chi connectivity index (χ1) is 6.50. The zero-order valence-electron chi connectivity index (χ0n) is 8.66. The second-order valence-corrected chi connectivity index (χ2v) is 3.64. The first kappa shape index (κ1) is 10.7. The topological polar surface area (TPSA) is 83.8 Å². The number of rotatable bonds is 3. The van der Waals surface area contributed by atoms with Crippen LogP contribution in [0.2, 0.25) is 0 Å². The van der Waals surface area contributed by atoms with E-state index in [0.29, 0.717) is 11.7 Å². The molecule has 1 amide bonds. The van der Waals surface area contributed by atoms with Crippen LogP contribution >= 0.6 is 0 Å². The summed E-state index contributed by atoms with van der Waals surface area (Å²) in [6.45, 7) is 5.72. The van der Waals surface area contributed by atoms with Crippen molar-refractivity contribution in [2.24, 2.45) is 5.73 Å². The molecule has 1 rings (SSSR count). The number of nitrogens with two attached hydrogens (primary N) is 1. The van der Waals surface area contributed by atoms with E-state index in [4.69, 9.17) is 5.73 Å². The van der Waals surface area contributed by atoms with Gasteiger partial charge in [-0.1, -0.05) is 13.8 Å². The first-order valence-corrected chi connectivity index (χ1v) is 4.62. The molecule has 1 heterocycles. The van der Waals surface area contributed by atoms with Gasteiger partial charge in [-0.2, -0.15) is 5.10 Å². The van der Waals surface area contributed by atoms with Crippen molar-refractivity contribution in [2.45, 2.75) is 32.7 Å². The Balaban J connectivity index is 2.64. The minimum atomic E-state index is -0.519. The quantitative estimate of drug-likeness (QED) is 0.669. The lowest BCUT2D eigenvalue weighted by molar-refractivity contribution is -0.117. The Morgan fingerprint density at radius 2 is 2.21 bits per heavy atom. The van der Waals surface area contributed by atoms with E-state index in [9.17, 15) is 4.79 Å². The van der Waals surface area contributed by atoms with Gasteiger partial charge in [0.15, 0.2) is 5.82 Å². The number of aromatic nitrogens is 2. The van der Waals surface area contributed by atoms with Crippen LogP contribution in [-0.2, 0) is 4.79 Å². The summed E-state index contributed by atoms with van der Waals surface area (Å²) >= 11 is 0. The van der Waals surface area contributed by atoms with Crippen LogP contribution in [0.3, 0.4) is 0 Å². The lowest BCUT2D eigenvalue weighted by Gasteiger charge is -2.03. The Labute approximate surface area is 83.1 Å². The normalized spacial score (nSPS) is 12.9. The van der Waals surface area contributed by atoms with Gasteiger partial charge in [0.25, 0.3) is 0 Å². The average Bonchev–Trinajstić information content (AvgIpc) is 2.52. The third kappa shape index (κ3) is 2.56. The van der Waals surface area contributed by atoms with Crippen LogP contribution < -0.4 is 11.1 Å². The van der Waals surface area contributed by atoms with Crippen LogP contribution in [0.5, 0.6) is 0 Å². The van der Waals surface area contributed by atoms with Crippen LogP contribution in [0.15, 0.2) is 6.07 Å². The molecular formula is C9H16N4O. The summed E-state index contributed by atoms with van der Waals surface area (Å²) in [5, 5.41) is 9.40. The van der Waals surface area contributed by atoms with Crippen molar-refractivity contribution < 1.29 is 4.79 Å². The Hall–Kier alpha value is -1.36. The minimum Gasteiger partial charge on any atom is -0.320 e. The molecule has 0 radical (unpaired) electrons. The van der Waals surface area contributed by atoms with Gasteiger partial charge < -0.3 is 11.1 Å². The van der Waals surface area contributed by atoms with E-state index in [2.05, 4.69) is 15.5 Å². The Kier molecular flexibility index (Phi) is 3.24. The number of anilines is 1. The molecule has 0 unspecified atom stereocenters. The lowest BCUT2D eigenvalue weighted by Crippen LogP contribution is -2.32. The number of hydrogen-bond acceptors (Lipinski definition) is 3. The molecule has 0 fully saturated rings. The monoisotopic (exact) mass is 196 g/mol. The maximum Gasteiger partial charge on any atom is 0.242 e. The van der Waals surface area contributed by atoms with Gasteiger partial charge >= 0.3 is 0 Å². The van der Waals surface area contributed by atoms with Gasteiger partial charge in [-0.05, 0) is 12.8 Å². The molecule has 5 heteroatoms. The van der Waals surface area contributed by atoms with Gasteiger partial charge in [-0.15, -0.1) is 0 Å². The predicted octanol–water partition coefficient (Wildman–Crippen LogP) is 0.819. The molecule has 0 saturated carbocycles. The fourth-order valence-electron chi connectivity index (χ4n) is 0.936. The maximum absolute atomic E-state index is 11.2. The van der Waals surface area contributed by atoms with E-state index in [-0.39, 0.29) is 5.91 Å². The van der Waals surface area contributed by atoms with E-state index >= 15 is 0 Å². The molecular weight excluding hydrogens is 180 g/mol. The van der Waals surface area contributed by atoms with Crippen LogP contribution in [0.1, 0.15) is 32.4 Å². The number of carbonyl (C=O) groups is 1. The smallest absolute Gasteiger partial charge is 0.242 e. The molecule has 0 aliphatic heterocycles. The molecule has 14 heavy (non-hydrogen) atoms. The SMILES string of the molecule is CC(C)c1cc(NC(=O)[C@@H](C)N)n[nH]1. The molecule has 0 aliphatic rings. The molecule has 78 valence electrons. The molecule has 0 bridgehead atoms. The summed E-state index contributed by atoms with van der Waals surface area (Å²) in [5.41, 5.74) is 6.39. The van der Waals surface area contributed by atoms with Crippen LogP contribution in [0.25, 0.3) is 0 Å². The van der Waals surface area contributed by atoms with Gasteiger partial charge in [0.05, 0.1) is 6.04 Å². The minimum absolute atomic E-state index is 0.230. The zero-order chi connectivity index (χ0) is 10.7. The molecule has 1 atom stereocenters. The summed E-state index contributed by atoms with van der Waals surface area (Å²) in [6, 6.07) is 1.29. The zero-order valence-corrected chi connectivity index (χ0v) is 8.66. The molecule has 5 nitrogen and oxygen atoms in total. The molecule has 0 saturated heterocycles. The number of amides is 1. The van der Waals surface area contributed by atoms with E-state index in [0.717, 1.165) is 5.69 Å². The van der Waals surface area contributed by atoms with Gasteiger partial charge in [-0.25, -0.2) is 0 Å². The largest absolute Gasteiger partial charge is 0.320 e. The third-order valence-electron chi connectivity index (χ3n) is 1.88. The molecule has 1 aromatic heterocycles. The van der Waals surface area contributed by atoms with Crippen LogP contribution in [0, 0.1) is 0 Å². The number of nitrogens with one attached hydrogen (secondary N) is 2. The average molecular weight is 196 g/mol. The predicted molar refractivity (Wildman–Crippen MR) is 55.0 cm³/mol. The van der Waals surface area contributed by atoms with Crippen LogP contribution in [-0.4, -0.2) is 22.1 Å². The Morgan fingerprint density at radius 1 is 1.57 bits per heavy atom. The third-order valence-corrected chi connectivity index (χ3v) is 1.88. The highest BCUT2D eigenvalue weighted by Crippen LogP contribution is 2.14. The lowest BCUT2D eigenvalue weighted by atomic mass is 10.1. The van der Waals surface area contributed by atoms with Gasteiger partial charge in [0, 0.05) is 11.8 Å². The van der Waals surface area contributed by atoms with E-state index < -0.39 is 6.04 Å². The highest BCUT2D eigenvalue weighted by Gasteiger charge is 2.10. The standard InChI is InChI=1S/C9H16N4O/c1-5(2)7-4-8(13-12-7)11-9(14)6(3)10/h4-6H,10H2,1-3H3,(H2,11,12,13,14)/t6-/m1/s1. The number of carbonyl (C=O) groups excluding carboxylic acids is 1. The van der Waals surface area contributed by atoms with Crippen molar-refractivity contribution in [1.82, 2.24) is 10.2 Å². The van der Waals surface area contributed by atoms with Gasteiger partial charge in [0.2, 0.25) is 5.91 Å². The summed E-state index contributed by atoms with van der Waals surface area (Å²) in [6.07, 6.45) is 0. The first-order valence-electron chi connectivity index (χ1n) is 4.62. The van der Waals surface area contributed by atoms with Crippen molar-refractivity contribution in [3.05, 3.63) is 11.8 Å². The van der Waals surface area contributed by atoms with Gasteiger partial charge in [-0.3, -0.25) is 9.89 Å². The van der Waals surface area contributed by atoms with E-state index in [1.807, 2.05) is 19.9 Å². The van der Waals surface area contributed by atoms with Crippen molar-refractivity contribution in [1.29, 1.82) is 0 Å². The van der Waals surface area contributed by atoms with Crippen molar-refractivity contribution >= 4 is 11.7 Å². The number of hydrogen-bond donors (Lipinski definition) is 3. The number of H-pyrrole nitrogens is 1. The van der Waals surface area contributed by atoms with Crippen molar-refractivity contribution in [3.63, 3.8) is 0 Å². The van der Waals surface area contributed by atoms with Gasteiger partial charge in [0.1, 0.15) is 0 Å². The van der Waals surface area contributed by atoms with Crippen molar-refractivity contribution in [3.8, 4) is 0 Å². The molecule has 4 N–H and O–H groups in total. The van der Waals surface area contributed by atoms with Crippen molar-refractivity contribution in [2.75, 3.05) is 5.32 Å². The molecule has 1 aromatic rings. The fourth-order valence-corrected chi connectivity index (χ4v) is 0.936. The molecule has 0 aromatic carbocycles. The summed E-state index contributed by atoms with van der Waals surface area (Å²) in [7, 11) is 0. The Bertz CT molecular complexity index is 316. The van der Waals surface area contributed by atoms with E-state index in [1.165, 1.54) is 0 Å².